The van der Waals surface area contributed by atoms with E-state index in [-0.39, 0.29) is 17.9 Å². The fourth-order valence-electron chi connectivity index (χ4n) is 3.95. The Morgan fingerprint density at radius 2 is 1.91 bits per heavy atom. The molecule has 0 saturated carbocycles. The Morgan fingerprint density at radius 3 is 2.69 bits per heavy atom. The zero-order chi connectivity index (χ0) is 22.3. The van der Waals surface area contributed by atoms with Crippen LogP contribution in [0.3, 0.4) is 0 Å². The lowest BCUT2D eigenvalue weighted by atomic mass is 10.0. The lowest BCUT2D eigenvalue weighted by Gasteiger charge is -2.29. The van der Waals surface area contributed by atoms with E-state index in [4.69, 9.17) is 4.74 Å². The molecular weight excluding hydrogens is 402 g/mol. The molecule has 1 aliphatic rings. The predicted octanol–water partition coefficient (Wildman–Crippen LogP) is 3.52. The van der Waals surface area contributed by atoms with Crippen LogP contribution in [-0.4, -0.2) is 47.9 Å². The van der Waals surface area contributed by atoms with Crippen LogP contribution in [0.15, 0.2) is 72.9 Å². The molecule has 0 spiro atoms. The van der Waals surface area contributed by atoms with Crippen LogP contribution in [0, 0.1) is 0 Å². The van der Waals surface area contributed by atoms with Gasteiger partial charge in [0.15, 0.2) is 0 Å². The maximum absolute atomic E-state index is 13.3. The van der Waals surface area contributed by atoms with Crippen LogP contribution in [0.2, 0.25) is 0 Å². The first kappa shape index (κ1) is 21.6. The monoisotopic (exact) mass is 429 g/mol. The third-order valence-electron chi connectivity index (χ3n) is 5.78. The summed E-state index contributed by atoms with van der Waals surface area (Å²) in [5.74, 6) is 0.621. The Bertz CT molecular complexity index is 1070. The number of carbonyl (C=O) groups is 2. The van der Waals surface area contributed by atoms with Crippen molar-refractivity contribution >= 4 is 11.8 Å². The molecule has 0 bridgehead atoms. The molecule has 164 valence electrons. The summed E-state index contributed by atoms with van der Waals surface area (Å²) in [6.45, 7) is 1.11. The Labute approximate surface area is 188 Å². The Hall–Kier alpha value is -3.67. The van der Waals surface area contributed by atoms with E-state index in [1.165, 1.54) is 0 Å². The van der Waals surface area contributed by atoms with E-state index < -0.39 is 0 Å². The lowest BCUT2D eigenvalue weighted by Crippen LogP contribution is -2.41. The summed E-state index contributed by atoms with van der Waals surface area (Å²) in [4.78, 5) is 31.5. The van der Waals surface area contributed by atoms with Crippen LogP contribution in [0.25, 0.3) is 0 Å². The first-order valence-corrected chi connectivity index (χ1v) is 10.9. The molecule has 32 heavy (non-hydrogen) atoms. The third-order valence-corrected chi connectivity index (χ3v) is 5.78. The minimum atomic E-state index is -0.211. The summed E-state index contributed by atoms with van der Waals surface area (Å²) in [7, 11) is 1.83. The third kappa shape index (κ3) is 5.14. The van der Waals surface area contributed by atoms with Crippen molar-refractivity contribution in [1.82, 2.24) is 15.2 Å². The number of hydrogen-bond donors (Lipinski definition) is 1. The molecule has 1 unspecified atom stereocenters. The summed E-state index contributed by atoms with van der Waals surface area (Å²) in [5.41, 5.74) is 3.27. The molecule has 1 atom stereocenters. The van der Waals surface area contributed by atoms with Crippen molar-refractivity contribution in [2.75, 3.05) is 20.2 Å². The molecule has 2 aromatic carbocycles. The Morgan fingerprint density at radius 1 is 1.09 bits per heavy atom. The maximum atomic E-state index is 13.3. The lowest BCUT2D eigenvalue weighted by molar-refractivity contribution is 0.0722. The van der Waals surface area contributed by atoms with Gasteiger partial charge >= 0.3 is 0 Å². The van der Waals surface area contributed by atoms with E-state index in [1.54, 1.807) is 29.3 Å². The van der Waals surface area contributed by atoms with Gasteiger partial charge in [-0.25, -0.2) is 0 Å². The molecule has 0 radical (unpaired) electrons. The summed E-state index contributed by atoms with van der Waals surface area (Å²) in [5, 5.41) is 2.93. The van der Waals surface area contributed by atoms with E-state index in [1.807, 2.05) is 43.4 Å². The van der Waals surface area contributed by atoms with Gasteiger partial charge in [-0.05, 0) is 54.3 Å². The number of pyridine rings is 1. The number of aromatic nitrogens is 1. The average molecular weight is 430 g/mol. The van der Waals surface area contributed by atoms with Crippen molar-refractivity contribution in [2.24, 2.45) is 0 Å². The summed E-state index contributed by atoms with van der Waals surface area (Å²) in [6.07, 6.45) is 3.76. The van der Waals surface area contributed by atoms with Gasteiger partial charge in [-0.2, -0.15) is 0 Å². The fourth-order valence-corrected chi connectivity index (χ4v) is 3.95. The van der Waals surface area contributed by atoms with Crippen molar-refractivity contribution in [3.63, 3.8) is 0 Å². The number of amides is 2. The number of carbonyl (C=O) groups excluding carboxylic acids is 2. The quantitative estimate of drug-likeness (QED) is 0.595. The highest BCUT2D eigenvalue weighted by molar-refractivity contribution is 5.95. The van der Waals surface area contributed by atoms with Crippen molar-refractivity contribution in [3.8, 4) is 5.75 Å². The van der Waals surface area contributed by atoms with Crippen LogP contribution in [0.1, 0.15) is 38.4 Å². The van der Waals surface area contributed by atoms with E-state index >= 15 is 0 Å². The Balaban J connectivity index is 1.45. The van der Waals surface area contributed by atoms with Crippen molar-refractivity contribution in [3.05, 3.63) is 95.3 Å². The van der Waals surface area contributed by atoms with Gasteiger partial charge in [-0.3, -0.25) is 14.6 Å². The number of benzene rings is 2. The molecule has 6 heteroatoms. The molecule has 2 amide bonds. The highest BCUT2D eigenvalue weighted by atomic mass is 16.5. The normalized spacial score (nSPS) is 13.0. The molecule has 1 N–H and O–H groups in total. The van der Waals surface area contributed by atoms with Gasteiger partial charge in [0.05, 0.1) is 6.61 Å². The first-order valence-electron chi connectivity index (χ1n) is 10.9. The second-order valence-corrected chi connectivity index (χ2v) is 7.94. The molecule has 4 rings (SSSR count). The van der Waals surface area contributed by atoms with Crippen molar-refractivity contribution < 1.29 is 14.3 Å². The van der Waals surface area contributed by atoms with Gasteiger partial charge in [0.1, 0.15) is 11.4 Å². The largest absolute Gasteiger partial charge is 0.493 e. The second-order valence-electron chi connectivity index (χ2n) is 7.94. The second kappa shape index (κ2) is 10.1. The van der Waals surface area contributed by atoms with Gasteiger partial charge in [0.2, 0.25) is 0 Å². The van der Waals surface area contributed by atoms with Gasteiger partial charge < -0.3 is 15.0 Å². The smallest absolute Gasteiger partial charge is 0.269 e. The van der Waals surface area contributed by atoms with Crippen molar-refractivity contribution in [2.45, 2.75) is 25.3 Å². The van der Waals surface area contributed by atoms with Crippen LogP contribution in [0.5, 0.6) is 5.75 Å². The molecule has 2 heterocycles. The molecule has 3 aromatic rings. The van der Waals surface area contributed by atoms with E-state index in [0.29, 0.717) is 37.3 Å². The summed E-state index contributed by atoms with van der Waals surface area (Å²) >= 11 is 0. The number of nitrogens with one attached hydrogen (secondary N) is 1. The predicted molar refractivity (Wildman–Crippen MR) is 123 cm³/mol. The number of nitrogens with zero attached hydrogens (tertiary/aromatic N) is 2. The van der Waals surface area contributed by atoms with Crippen LogP contribution in [0.4, 0.5) is 0 Å². The number of fused-ring (bicyclic) bond motifs is 1. The minimum Gasteiger partial charge on any atom is -0.493 e. The van der Waals surface area contributed by atoms with Crippen LogP contribution in [-0.2, 0) is 12.8 Å². The van der Waals surface area contributed by atoms with Crippen molar-refractivity contribution in [1.29, 1.82) is 0 Å². The SMILES string of the molecule is CN(C(=O)c1ccc2c(c1)CCO2)C(CCNC(=O)c1ccccn1)Cc1ccccc1. The number of rotatable bonds is 8. The topological polar surface area (TPSA) is 71.5 Å². The molecule has 0 fully saturated rings. The minimum absolute atomic E-state index is 0.0308. The molecule has 0 aliphatic carbocycles. The zero-order valence-corrected chi connectivity index (χ0v) is 18.2. The first-order chi connectivity index (χ1) is 15.6. The average Bonchev–Trinajstić information content (AvgIpc) is 3.31. The van der Waals surface area contributed by atoms with E-state index in [9.17, 15) is 9.59 Å². The van der Waals surface area contributed by atoms with Gasteiger partial charge in [-0.1, -0.05) is 36.4 Å². The number of likely N-dealkylation sites (N-methyl/N-ethyl adjacent to an activating group) is 1. The molecular formula is C26H27N3O3. The summed E-state index contributed by atoms with van der Waals surface area (Å²) < 4.78 is 5.56. The number of ether oxygens (including phenoxy) is 1. The molecule has 0 saturated heterocycles. The van der Waals surface area contributed by atoms with Gasteiger partial charge in [0.25, 0.3) is 11.8 Å². The molecule has 1 aromatic heterocycles. The standard InChI is InChI=1S/C26H27N3O3/c1-29(26(31)21-10-11-24-20(18-21)13-16-32-24)22(17-19-7-3-2-4-8-19)12-15-28-25(30)23-9-5-6-14-27-23/h2-11,14,18,22H,12-13,15-17H2,1H3,(H,28,30). The Kier molecular flexibility index (Phi) is 6.80. The molecule has 6 nitrogen and oxygen atoms in total. The fraction of sp³-hybridized carbons (Fsp3) is 0.269. The maximum Gasteiger partial charge on any atom is 0.269 e. The number of hydrogen-bond acceptors (Lipinski definition) is 4. The van der Waals surface area contributed by atoms with Crippen LogP contribution >= 0.6 is 0 Å². The van der Waals surface area contributed by atoms with E-state index in [0.717, 1.165) is 23.3 Å². The molecule has 1 aliphatic heterocycles. The zero-order valence-electron chi connectivity index (χ0n) is 18.2. The highest BCUT2D eigenvalue weighted by Crippen LogP contribution is 2.26. The highest BCUT2D eigenvalue weighted by Gasteiger charge is 2.23. The van der Waals surface area contributed by atoms with Gasteiger partial charge in [-0.15, -0.1) is 0 Å². The van der Waals surface area contributed by atoms with Gasteiger partial charge in [0, 0.05) is 37.8 Å². The van der Waals surface area contributed by atoms with E-state index in [2.05, 4.69) is 22.4 Å². The van der Waals surface area contributed by atoms with Crippen LogP contribution < -0.4 is 10.1 Å². The summed E-state index contributed by atoms with van der Waals surface area (Å²) in [6, 6.07) is 20.9.